The van der Waals surface area contributed by atoms with Gasteiger partial charge >= 0.3 is 7.25 Å². The number of ketones is 1. The van der Waals surface area contributed by atoms with E-state index in [1.165, 1.54) is 0 Å². The molecule has 168 valence electrons. The normalized spacial score (nSPS) is 18.9. The molecule has 0 spiro atoms. The van der Waals surface area contributed by atoms with E-state index in [4.69, 9.17) is 9.26 Å². The standard InChI is InChI=1S/C22H20NO4.BF4/c1-23-20-18-15(21(24)22(25)12-6-11-17(27-23)19(20)22)9-5-10-16(18)26-13-14-7-3-2-4-8-14;2-1(3,4)5/h2-5,7-10,25H,6,11-13H2,1H3;/q+1;-1/t22-;/m1./s1. The molecular formula is C22H20BF4NO4. The van der Waals surface area contributed by atoms with Crippen LogP contribution in [-0.4, -0.2) is 18.1 Å². The third kappa shape index (κ3) is 4.02. The molecule has 1 atom stereocenters. The fourth-order valence-corrected chi connectivity index (χ4v) is 4.33. The van der Waals surface area contributed by atoms with Crippen LogP contribution in [0.2, 0.25) is 0 Å². The number of carbonyl (C=O) groups excluding carboxylic acids is 1. The Balaban J connectivity index is 0.000000444. The van der Waals surface area contributed by atoms with Gasteiger partial charge in [0.05, 0.1) is 0 Å². The zero-order valence-electron chi connectivity index (χ0n) is 17.2. The van der Waals surface area contributed by atoms with Gasteiger partial charge in [-0.15, -0.1) is 0 Å². The molecule has 0 radical (unpaired) electrons. The molecule has 0 saturated carbocycles. The lowest BCUT2D eigenvalue weighted by Gasteiger charge is -2.32. The number of aryl methyl sites for hydroxylation is 2. The monoisotopic (exact) mass is 449 g/mol. The van der Waals surface area contributed by atoms with Gasteiger partial charge in [0.1, 0.15) is 23.5 Å². The lowest BCUT2D eigenvalue weighted by Crippen LogP contribution is -2.43. The second kappa shape index (κ2) is 8.09. The number of ether oxygens (including phenoxy) is 1. The minimum Gasteiger partial charge on any atom is -0.488 e. The number of halogens is 4. The van der Waals surface area contributed by atoms with Crippen LogP contribution in [0.5, 0.6) is 5.75 Å². The van der Waals surface area contributed by atoms with Gasteiger partial charge in [0.15, 0.2) is 24.2 Å². The van der Waals surface area contributed by atoms with Crippen molar-refractivity contribution >= 4 is 13.0 Å². The molecule has 0 bridgehead atoms. The molecule has 5 rings (SSSR count). The van der Waals surface area contributed by atoms with E-state index in [2.05, 4.69) is 0 Å². The van der Waals surface area contributed by atoms with E-state index in [1.807, 2.05) is 43.4 Å². The second-order valence-electron chi connectivity index (χ2n) is 7.73. The second-order valence-corrected chi connectivity index (χ2v) is 7.73. The summed E-state index contributed by atoms with van der Waals surface area (Å²) < 4.78 is 52.6. The maximum Gasteiger partial charge on any atom is 0.673 e. The molecule has 1 N–H and O–H groups in total. The van der Waals surface area contributed by atoms with E-state index in [9.17, 15) is 27.2 Å². The van der Waals surface area contributed by atoms with Gasteiger partial charge < -0.3 is 27.1 Å². The molecule has 0 aliphatic heterocycles. The van der Waals surface area contributed by atoms with Crippen LogP contribution in [0, 0.1) is 0 Å². The minimum absolute atomic E-state index is 0.266. The van der Waals surface area contributed by atoms with E-state index < -0.39 is 12.9 Å². The number of hydrogen-bond donors (Lipinski definition) is 1. The van der Waals surface area contributed by atoms with Crippen molar-refractivity contribution in [2.75, 3.05) is 0 Å². The average Bonchev–Trinajstić information content (AvgIpc) is 3.07. The molecule has 1 heterocycles. The maximum absolute atomic E-state index is 13.2. The number of rotatable bonds is 3. The van der Waals surface area contributed by atoms with Gasteiger partial charge in [0.25, 0.3) is 5.69 Å². The van der Waals surface area contributed by atoms with Crippen LogP contribution in [0.15, 0.2) is 53.1 Å². The van der Waals surface area contributed by atoms with Crippen molar-refractivity contribution in [2.24, 2.45) is 7.05 Å². The highest BCUT2D eigenvalue weighted by Gasteiger charge is 2.55. The van der Waals surface area contributed by atoms with Crippen LogP contribution >= 0.6 is 0 Å². The summed E-state index contributed by atoms with van der Waals surface area (Å²) in [5, 5.41) is 11.2. The number of nitrogens with zero attached hydrogens (tertiary/aromatic N) is 1. The van der Waals surface area contributed by atoms with Crippen molar-refractivity contribution in [3.63, 3.8) is 0 Å². The highest BCUT2D eigenvalue weighted by atomic mass is 19.5. The molecule has 1 aromatic heterocycles. The molecule has 0 unspecified atom stereocenters. The lowest BCUT2D eigenvalue weighted by atomic mass is 9.71. The zero-order chi connectivity index (χ0) is 23.1. The van der Waals surface area contributed by atoms with Crippen molar-refractivity contribution in [3.05, 3.63) is 71.0 Å². The average molecular weight is 449 g/mol. The first-order valence-corrected chi connectivity index (χ1v) is 10.1. The van der Waals surface area contributed by atoms with Crippen molar-refractivity contribution < 1.29 is 41.2 Å². The van der Waals surface area contributed by atoms with Crippen LogP contribution in [0.4, 0.5) is 17.3 Å². The molecule has 0 amide bonds. The quantitative estimate of drug-likeness (QED) is 0.367. The predicted octanol–water partition coefficient (Wildman–Crippen LogP) is 4.37. The van der Waals surface area contributed by atoms with Gasteiger partial charge in [0.2, 0.25) is 0 Å². The van der Waals surface area contributed by atoms with Gasteiger partial charge in [-0.05, 0) is 29.2 Å². The Morgan fingerprint density at radius 2 is 1.81 bits per heavy atom. The zero-order valence-corrected chi connectivity index (χ0v) is 17.2. The van der Waals surface area contributed by atoms with Crippen LogP contribution in [0.1, 0.15) is 40.1 Å². The highest BCUT2D eigenvalue weighted by molar-refractivity contribution is 6.50. The van der Waals surface area contributed by atoms with Crippen molar-refractivity contribution in [1.82, 2.24) is 0 Å². The van der Waals surface area contributed by atoms with Crippen molar-refractivity contribution in [2.45, 2.75) is 31.5 Å². The molecule has 2 aliphatic carbocycles. The molecular weight excluding hydrogens is 429 g/mol. The van der Waals surface area contributed by atoms with Crippen LogP contribution in [0.25, 0.3) is 11.3 Å². The Bertz CT molecular complexity index is 1160. The van der Waals surface area contributed by atoms with Gasteiger partial charge in [-0.25, -0.2) is 4.52 Å². The van der Waals surface area contributed by atoms with Crippen molar-refractivity contribution in [3.8, 4) is 17.0 Å². The first-order chi connectivity index (χ1) is 15.1. The number of carbonyl (C=O) groups is 1. The molecule has 3 aromatic rings. The van der Waals surface area contributed by atoms with E-state index in [0.29, 0.717) is 41.2 Å². The Kier molecular flexibility index (Phi) is 5.58. The van der Waals surface area contributed by atoms with E-state index in [0.717, 1.165) is 24.1 Å². The fourth-order valence-electron chi connectivity index (χ4n) is 4.33. The number of aromatic nitrogens is 1. The maximum atomic E-state index is 13.2. The smallest absolute Gasteiger partial charge is 0.488 e. The molecule has 10 heteroatoms. The van der Waals surface area contributed by atoms with Crippen LogP contribution < -0.4 is 9.48 Å². The highest BCUT2D eigenvalue weighted by Crippen LogP contribution is 2.50. The number of Topliss-reactive ketones (excluding diaryl/α,β-unsaturated/α-hetero) is 1. The third-order valence-corrected chi connectivity index (χ3v) is 5.55. The summed E-state index contributed by atoms with van der Waals surface area (Å²) in [4.78, 5) is 13.2. The number of fused-ring (bicyclic) bond motifs is 2. The number of aliphatic hydroxyl groups is 1. The molecule has 32 heavy (non-hydrogen) atoms. The Morgan fingerprint density at radius 3 is 2.50 bits per heavy atom. The summed E-state index contributed by atoms with van der Waals surface area (Å²) in [6.07, 6.45) is 1.86. The first-order valence-electron chi connectivity index (χ1n) is 10.1. The molecule has 2 aliphatic rings. The number of benzene rings is 2. The topological polar surface area (TPSA) is 63.5 Å². The van der Waals surface area contributed by atoms with Crippen LogP contribution in [0.3, 0.4) is 0 Å². The predicted molar refractivity (Wildman–Crippen MR) is 107 cm³/mol. The summed E-state index contributed by atoms with van der Waals surface area (Å²) in [6, 6.07) is 15.3. The first kappa shape index (κ1) is 22.1. The summed E-state index contributed by atoms with van der Waals surface area (Å²) in [5.74, 6) is 1.05. The van der Waals surface area contributed by atoms with Gasteiger partial charge in [-0.2, -0.15) is 0 Å². The number of hydrogen-bond acceptors (Lipinski definition) is 4. The van der Waals surface area contributed by atoms with Gasteiger partial charge in [-0.3, -0.25) is 4.79 Å². The Hall–Kier alpha value is -3.14. The van der Waals surface area contributed by atoms with E-state index >= 15 is 0 Å². The summed E-state index contributed by atoms with van der Waals surface area (Å²) in [6.45, 7) is 0.402. The molecule has 2 aromatic carbocycles. The molecule has 0 saturated heterocycles. The van der Waals surface area contributed by atoms with E-state index in [-0.39, 0.29) is 5.78 Å². The summed E-state index contributed by atoms with van der Waals surface area (Å²) >= 11 is 0. The van der Waals surface area contributed by atoms with Gasteiger partial charge in [-0.1, -0.05) is 42.5 Å². The SMILES string of the molecule is C[n+]1oc2c3c1-c1c(OCc4ccccc4)cccc1C(=O)[C@@]3(O)CCC2.F[B-](F)(F)F. The van der Waals surface area contributed by atoms with E-state index in [1.54, 1.807) is 16.9 Å². The molecule has 0 fully saturated rings. The minimum atomic E-state index is -6.00. The van der Waals surface area contributed by atoms with Crippen LogP contribution in [-0.2, 0) is 25.7 Å². The van der Waals surface area contributed by atoms with Gasteiger partial charge in [0, 0.05) is 12.0 Å². The Morgan fingerprint density at radius 1 is 1.12 bits per heavy atom. The lowest BCUT2D eigenvalue weighted by molar-refractivity contribution is -0.837. The van der Waals surface area contributed by atoms with Crippen molar-refractivity contribution in [1.29, 1.82) is 0 Å². The fraction of sp³-hybridized carbons (Fsp3) is 0.273. The largest absolute Gasteiger partial charge is 0.673 e. The summed E-state index contributed by atoms with van der Waals surface area (Å²) in [5.41, 5.74) is 2.10. The summed E-state index contributed by atoms with van der Waals surface area (Å²) in [7, 11) is -4.19. The third-order valence-electron chi connectivity index (χ3n) is 5.55. The Labute approximate surface area is 181 Å². The molecule has 5 nitrogen and oxygen atoms in total.